The maximum Gasteiger partial charge on any atom is 0.323 e. The quantitative estimate of drug-likeness (QED) is 0.583. The van der Waals surface area contributed by atoms with Crippen LogP contribution >= 0.6 is 0 Å². The zero-order valence-electron chi connectivity index (χ0n) is 14.4. The molecule has 0 heterocycles. The van der Waals surface area contributed by atoms with Gasteiger partial charge in [-0.25, -0.2) is 0 Å². The van der Waals surface area contributed by atoms with Crippen molar-refractivity contribution in [3.63, 3.8) is 0 Å². The summed E-state index contributed by atoms with van der Waals surface area (Å²) in [5, 5.41) is 3.42. The first-order valence-corrected chi connectivity index (χ1v) is 8.29. The van der Waals surface area contributed by atoms with E-state index in [1.165, 1.54) is 12.8 Å². The summed E-state index contributed by atoms with van der Waals surface area (Å²) in [6.45, 7) is 9.72. The van der Waals surface area contributed by atoms with Gasteiger partial charge in [0.1, 0.15) is 6.04 Å². The average Bonchev–Trinajstić information content (AvgIpc) is 3.21. The largest absolute Gasteiger partial charge is 0.465 e. The third-order valence-corrected chi connectivity index (χ3v) is 3.95. The molecule has 0 spiro atoms. The molecule has 1 rings (SSSR count). The Balaban J connectivity index is 2.46. The van der Waals surface area contributed by atoms with E-state index in [-0.39, 0.29) is 12.0 Å². The molecule has 0 bridgehead atoms. The van der Waals surface area contributed by atoms with Crippen LogP contribution in [0.3, 0.4) is 0 Å². The Bertz CT molecular complexity index is 306. The highest BCUT2D eigenvalue weighted by Crippen LogP contribution is 2.20. The number of rotatable bonds is 11. The van der Waals surface area contributed by atoms with Crippen molar-refractivity contribution >= 4 is 5.97 Å². The van der Waals surface area contributed by atoms with Crippen LogP contribution in [0.15, 0.2) is 0 Å². The first-order chi connectivity index (χ1) is 9.97. The summed E-state index contributed by atoms with van der Waals surface area (Å²) < 4.78 is 5.20. The molecular formula is C16H33N3O2. The van der Waals surface area contributed by atoms with Crippen molar-refractivity contribution in [3.8, 4) is 0 Å². The Labute approximate surface area is 130 Å². The van der Waals surface area contributed by atoms with Crippen molar-refractivity contribution < 1.29 is 9.53 Å². The number of esters is 1. The maximum atomic E-state index is 12.0. The van der Waals surface area contributed by atoms with Gasteiger partial charge in [-0.15, -0.1) is 0 Å². The lowest BCUT2D eigenvalue weighted by Gasteiger charge is -2.31. The lowest BCUT2D eigenvalue weighted by molar-refractivity contribution is -0.146. The highest BCUT2D eigenvalue weighted by atomic mass is 16.5. The predicted molar refractivity (Wildman–Crippen MR) is 86.5 cm³/mol. The first kappa shape index (κ1) is 18.4. The lowest BCUT2D eigenvalue weighted by atomic mass is 10.1. The van der Waals surface area contributed by atoms with Gasteiger partial charge in [0.15, 0.2) is 0 Å². The maximum absolute atomic E-state index is 12.0. The fraction of sp³-hybridized carbons (Fsp3) is 0.938. The summed E-state index contributed by atoms with van der Waals surface area (Å²) in [6.07, 6.45) is 3.19. The van der Waals surface area contributed by atoms with Gasteiger partial charge in [-0.2, -0.15) is 0 Å². The summed E-state index contributed by atoms with van der Waals surface area (Å²) in [5.74, 6) is -0.0966. The third kappa shape index (κ3) is 7.25. The summed E-state index contributed by atoms with van der Waals surface area (Å²) in [4.78, 5) is 16.7. The molecule has 21 heavy (non-hydrogen) atoms. The number of carbonyl (C=O) groups excluding carboxylic acids is 1. The molecule has 1 N–H and O–H groups in total. The molecule has 0 aromatic carbocycles. The van der Waals surface area contributed by atoms with Gasteiger partial charge in [-0.05, 0) is 53.8 Å². The number of hydrogen-bond donors (Lipinski definition) is 1. The van der Waals surface area contributed by atoms with Crippen molar-refractivity contribution in [3.05, 3.63) is 0 Å². The van der Waals surface area contributed by atoms with Gasteiger partial charge in [0, 0.05) is 25.2 Å². The molecule has 0 radical (unpaired) electrons. The second-order valence-electron chi connectivity index (χ2n) is 6.27. The van der Waals surface area contributed by atoms with E-state index in [1.807, 2.05) is 6.92 Å². The van der Waals surface area contributed by atoms with Gasteiger partial charge < -0.3 is 15.0 Å². The van der Waals surface area contributed by atoms with Crippen LogP contribution in [-0.2, 0) is 9.53 Å². The molecule has 2 unspecified atom stereocenters. The van der Waals surface area contributed by atoms with E-state index in [0.717, 1.165) is 26.1 Å². The Morgan fingerprint density at radius 2 is 2.00 bits per heavy atom. The predicted octanol–water partition coefficient (Wildman–Crippen LogP) is 1.33. The Hall–Kier alpha value is -0.650. The van der Waals surface area contributed by atoms with Crippen molar-refractivity contribution in [2.24, 2.45) is 0 Å². The molecule has 0 amide bonds. The van der Waals surface area contributed by atoms with E-state index in [0.29, 0.717) is 18.7 Å². The summed E-state index contributed by atoms with van der Waals surface area (Å²) in [7, 11) is 4.20. The van der Waals surface area contributed by atoms with E-state index >= 15 is 0 Å². The topological polar surface area (TPSA) is 44.8 Å². The minimum atomic E-state index is -0.155. The molecule has 5 nitrogen and oxygen atoms in total. The van der Waals surface area contributed by atoms with Crippen molar-refractivity contribution in [1.29, 1.82) is 0 Å². The van der Waals surface area contributed by atoms with E-state index in [9.17, 15) is 4.79 Å². The zero-order valence-corrected chi connectivity index (χ0v) is 14.4. The number of ether oxygens (including phenoxy) is 1. The molecule has 2 atom stereocenters. The van der Waals surface area contributed by atoms with Crippen LogP contribution in [0.5, 0.6) is 0 Å². The zero-order chi connectivity index (χ0) is 15.8. The normalized spacial score (nSPS) is 18.0. The summed E-state index contributed by atoms with van der Waals surface area (Å²) in [5.41, 5.74) is 0. The fourth-order valence-electron chi connectivity index (χ4n) is 2.68. The van der Waals surface area contributed by atoms with E-state index < -0.39 is 0 Å². The van der Waals surface area contributed by atoms with Gasteiger partial charge in [0.25, 0.3) is 0 Å². The van der Waals surface area contributed by atoms with Crippen molar-refractivity contribution in [1.82, 2.24) is 15.1 Å². The lowest BCUT2D eigenvalue weighted by Crippen LogP contribution is -2.45. The molecule has 0 aliphatic heterocycles. The molecule has 0 aromatic rings. The average molecular weight is 299 g/mol. The van der Waals surface area contributed by atoms with Crippen LogP contribution in [0.1, 0.15) is 40.0 Å². The minimum Gasteiger partial charge on any atom is -0.465 e. The highest BCUT2D eigenvalue weighted by Gasteiger charge is 2.29. The van der Waals surface area contributed by atoms with Crippen LogP contribution in [0.2, 0.25) is 0 Å². The molecule has 5 heteroatoms. The molecule has 1 fully saturated rings. The Morgan fingerprint density at radius 1 is 1.33 bits per heavy atom. The summed E-state index contributed by atoms with van der Waals surface area (Å²) in [6, 6.07) is 0.862. The Kier molecular flexibility index (Phi) is 8.22. The number of hydrogen-bond acceptors (Lipinski definition) is 5. The van der Waals surface area contributed by atoms with E-state index in [1.54, 1.807) is 0 Å². The van der Waals surface area contributed by atoms with Gasteiger partial charge in [-0.3, -0.25) is 9.69 Å². The van der Waals surface area contributed by atoms with Crippen molar-refractivity contribution in [2.45, 2.75) is 58.2 Å². The second kappa shape index (κ2) is 9.38. The van der Waals surface area contributed by atoms with Gasteiger partial charge in [0.05, 0.1) is 6.61 Å². The highest BCUT2D eigenvalue weighted by molar-refractivity contribution is 5.75. The molecule has 0 saturated heterocycles. The van der Waals surface area contributed by atoms with E-state index in [4.69, 9.17) is 4.74 Å². The standard InChI is InChI=1S/C16H33N3O2/c1-6-19(13(3)12-18(4)5)11-10-15(16(20)21-7-2)17-14-8-9-14/h13-15,17H,6-12H2,1-5H3. The van der Waals surface area contributed by atoms with E-state index in [2.05, 4.69) is 43.1 Å². The summed E-state index contributed by atoms with van der Waals surface area (Å²) >= 11 is 0. The molecule has 0 aromatic heterocycles. The third-order valence-electron chi connectivity index (χ3n) is 3.95. The Morgan fingerprint density at radius 3 is 2.48 bits per heavy atom. The number of nitrogens with zero attached hydrogens (tertiary/aromatic N) is 2. The van der Waals surface area contributed by atoms with Crippen molar-refractivity contribution in [2.75, 3.05) is 40.3 Å². The van der Waals surface area contributed by atoms with Crippen LogP contribution in [-0.4, -0.2) is 74.2 Å². The second-order valence-corrected chi connectivity index (χ2v) is 6.27. The van der Waals surface area contributed by atoms with Gasteiger partial charge >= 0.3 is 5.97 Å². The van der Waals surface area contributed by atoms with Crippen LogP contribution < -0.4 is 5.32 Å². The fourth-order valence-corrected chi connectivity index (χ4v) is 2.68. The SMILES string of the molecule is CCOC(=O)C(CCN(CC)C(C)CN(C)C)NC1CC1. The van der Waals surface area contributed by atoms with Crippen LogP contribution in [0, 0.1) is 0 Å². The van der Waals surface area contributed by atoms with Crippen LogP contribution in [0.25, 0.3) is 0 Å². The number of nitrogens with one attached hydrogen (secondary N) is 1. The first-order valence-electron chi connectivity index (χ1n) is 8.29. The van der Waals surface area contributed by atoms with Gasteiger partial charge in [-0.1, -0.05) is 6.92 Å². The molecular weight excluding hydrogens is 266 g/mol. The number of likely N-dealkylation sites (N-methyl/N-ethyl adjacent to an activating group) is 2. The molecule has 1 aliphatic carbocycles. The monoisotopic (exact) mass is 299 g/mol. The smallest absolute Gasteiger partial charge is 0.323 e. The molecule has 1 saturated carbocycles. The number of carbonyl (C=O) groups is 1. The van der Waals surface area contributed by atoms with Gasteiger partial charge in [0.2, 0.25) is 0 Å². The minimum absolute atomic E-state index is 0.0966. The molecule has 1 aliphatic rings. The molecule has 124 valence electrons. The van der Waals surface area contributed by atoms with Crippen LogP contribution in [0.4, 0.5) is 0 Å².